The van der Waals surface area contributed by atoms with Gasteiger partial charge in [0.15, 0.2) is 0 Å². The number of hydrogen-bond donors (Lipinski definition) is 3. The number of carbonyl (C=O) groups is 3. The summed E-state index contributed by atoms with van der Waals surface area (Å²) < 4.78 is 0. The Balaban J connectivity index is 1.45. The molecular formula is C22H20N4O3S. The van der Waals surface area contributed by atoms with E-state index in [1.807, 2.05) is 45.0 Å². The van der Waals surface area contributed by atoms with Crippen molar-refractivity contribution in [3.8, 4) is 10.6 Å². The lowest BCUT2D eigenvalue weighted by Crippen LogP contribution is -2.31. The predicted octanol–water partition coefficient (Wildman–Crippen LogP) is 4.19. The van der Waals surface area contributed by atoms with Crippen molar-refractivity contribution in [3.63, 3.8) is 0 Å². The number of amides is 4. The van der Waals surface area contributed by atoms with Crippen LogP contribution in [0.25, 0.3) is 10.6 Å². The Morgan fingerprint density at radius 2 is 1.73 bits per heavy atom. The summed E-state index contributed by atoms with van der Waals surface area (Å²) >= 11 is 1.55. The quantitative estimate of drug-likeness (QED) is 0.551. The van der Waals surface area contributed by atoms with Gasteiger partial charge in [0.05, 0.1) is 27.7 Å². The normalized spacial score (nSPS) is 13.6. The zero-order chi connectivity index (χ0) is 21.4. The number of urea groups is 1. The smallest absolute Gasteiger partial charge is 0.319 e. The number of thiazole rings is 1. The fraction of sp³-hybridized carbons (Fsp3) is 0.182. The molecule has 7 nitrogen and oxygen atoms in total. The zero-order valence-electron chi connectivity index (χ0n) is 16.7. The van der Waals surface area contributed by atoms with Crippen LogP contribution in [-0.2, 0) is 0 Å². The van der Waals surface area contributed by atoms with E-state index in [4.69, 9.17) is 0 Å². The predicted molar refractivity (Wildman–Crippen MR) is 116 cm³/mol. The minimum Gasteiger partial charge on any atom is -0.330 e. The third-order valence-electron chi connectivity index (χ3n) is 4.87. The van der Waals surface area contributed by atoms with Crippen molar-refractivity contribution in [3.05, 3.63) is 69.7 Å². The summed E-state index contributed by atoms with van der Waals surface area (Å²) in [4.78, 5) is 41.5. The Hall–Kier alpha value is -3.52. The molecule has 2 aromatic carbocycles. The van der Waals surface area contributed by atoms with E-state index < -0.39 is 17.8 Å². The second-order valence-electron chi connectivity index (χ2n) is 7.20. The second-order valence-corrected chi connectivity index (χ2v) is 8.23. The van der Waals surface area contributed by atoms with Crippen LogP contribution in [0.15, 0.2) is 42.5 Å². The highest BCUT2D eigenvalue weighted by molar-refractivity contribution is 7.15. The molecule has 0 saturated heterocycles. The van der Waals surface area contributed by atoms with E-state index in [-0.39, 0.29) is 11.6 Å². The Bertz CT molecular complexity index is 1170. The van der Waals surface area contributed by atoms with Crippen LogP contribution in [-0.4, -0.2) is 22.8 Å². The minimum atomic E-state index is -0.462. The van der Waals surface area contributed by atoms with Crippen LogP contribution in [0, 0.1) is 13.8 Å². The first-order valence-electron chi connectivity index (χ1n) is 9.43. The molecule has 0 radical (unpaired) electrons. The van der Waals surface area contributed by atoms with Crippen molar-refractivity contribution in [1.29, 1.82) is 0 Å². The first kappa shape index (κ1) is 19.8. The lowest BCUT2D eigenvalue weighted by Gasteiger charge is -2.14. The molecule has 8 heteroatoms. The average Bonchev–Trinajstić information content (AvgIpc) is 3.22. The maximum absolute atomic E-state index is 12.5. The highest BCUT2D eigenvalue weighted by Gasteiger charge is 2.27. The molecule has 0 bridgehead atoms. The van der Waals surface area contributed by atoms with Gasteiger partial charge in [-0.3, -0.25) is 14.9 Å². The number of nitrogens with one attached hydrogen (secondary N) is 3. The standard InChI is InChI=1S/C22H20N4O3S/c1-11-4-6-14(7-5-11)21-23-12(2)18(30-21)13(3)24-22(29)25-15-8-9-16-17(10-15)20(28)26-19(16)27/h4-10,13H,1-3H3,(H2,24,25,29)(H,26,27,28). The van der Waals surface area contributed by atoms with Gasteiger partial charge in [0.1, 0.15) is 5.01 Å². The van der Waals surface area contributed by atoms with Crippen molar-refractivity contribution >= 4 is 34.9 Å². The number of hydrogen-bond acceptors (Lipinski definition) is 5. The summed E-state index contributed by atoms with van der Waals surface area (Å²) in [5.74, 6) is -0.888. The van der Waals surface area contributed by atoms with E-state index in [0.717, 1.165) is 21.1 Å². The molecule has 4 amide bonds. The monoisotopic (exact) mass is 420 g/mol. The minimum absolute atomic E-state index is 0.249. The second kappa shape index (κ2) is 7.72. The Morgan fingerprint density at radius 3 is 2.47 bits per heavy atom. The number of aryl methyl sites for hydroxylation is 2. The van der Waals surface area contributed by atoms with Crippen molar-refractivity contribution < 1.29 is 14.4 Å². The number of aromatic nitrogens is 1. The molecular weight excluding hydrogens is 400 g/mol. The van der Waals surface area contributed by atoms with Gasteiger partial charge in [-0.25, -0.2) is 9.78 Å². The van der Waals surface area contributed by atoms with Crippen molar-refractivity contribution in [2.75, 3.05) is 5.32 Å². The van der Waals surface area contributed by atoms with Crippen LogP contribution < -0.4 is 16.0 Å². The number of nitrogens with zero attached hydrogens (tertiary/aromatic N) is 1. The van der Waals surface area contributed by atoms with Gasteiger partial charge < -0.3 is 10.6 Å². The van der Waals surface area contributed by atoms with E-state index in [2.05, 4.69) is 20.9 Å². The molecule has 1 aromatic heterocycles. The molecule has 3 aromatic rings. The van der Waals surface area contributed by atoms with Crippen molar-refractivity contribution in [1.82, 2.24) is 15.6 Å². The Labute approximate surface area is 177 Å². The van der Waals surface area contributed by atoms with Gasteiger partial charge in [-0.1, -0.05) is 29.8 Å². The average molecular weight is 420 g/mol. The third kappa shape index (κ3) is 3.81. The SMILES string of the molecule is Cc1ccc(-c2nc(C)c(C(C)NC(=O)Nc3ccc4c(c3)C(=O)NC4=O)s2)cc1. The van der Waals surface area contributed by atoms with E-state index in [1.54, 1.807) is 17.4 Å². The van der Waals surface area contributed by atoms with Crippen molar-refractivity contribution in [2.24, 2.45) is 0 Å². The number of carbonyl (C=O) groups excluding carboxylic acids is 3. The zero-order valence-corrected chi connectivity index (χ0v) is 17.5. The number of benzene rings is 2. The Morgan fingerprint density at radius 1 is 1.03 bits per heavy atom. The molecule has 1 aliphatic rings. The van der Waals surface area contributed by atoms with Gasteiger partial charge in [0.2, 0.25) is 0 Å². The molecule has 0 saturated carbocycles. The van der Waals surface area contributed by atoms with Crippen LogP contribution in [0.1, 0.15) is 49.8 Å². The van der Waals surface area contributed by atoms with Crippen LogP contribution in [0.3, 0.4) is 0 Å². The van der Waals surface area contributed by atoms with E-state index in [0.29, 0.717) is 11.3 Å². The fourth-order valence-corrected chi connectivity index (χ4v) is 4.38. The van der Waals surface area contributed by atoms with Crippen LogP contribution in [0.4, 0.5) is 10.5 Å². The molecule has 1 aliphatic heterocycles. The molecule has 0 aliphatic carbocycles. The molecule has 2 heterocycles. The van der Waals surface area contributed by atoms with Gasteiger partial charge in [0.25, 0.3) is 11.8 Å². The van der Waals surface area contributed by atoms with Gasteiger partial charge in [-0.2, -0.15) is 0 Å². The van der Waals surface area contributed by atoms with Crippen LogP contribution in [0.5, 0.6) is 0 Å². The van der Waals surface area contributed by atoms with Crippen LogP contribution in [0.2, 0.25) is 0 Å². The summed E-state index contributed by atoms with van der Waals surface area (Å²) in [5.41, 5.74) is 4.10. The molecule has 1 unspecified atom stereocenters. The van der Waals surface area contributed by atoms with Crippen molar-refractivity contribution in [2.45, 2.75) is 26.8 Å². The number of fused-ring (bicyclic) bond motifs is 1. The summed E-state index contributed by atoms with van der Waals surface area (Å²) in [6.45, 7) is 5.86. The lowest BCUT2D eigenvalue weighted by atomic mass is 10.1. The third-order valence-corrected chi connectivity index (χ3v) is 6.25. The summed E-state index contributed by atoms with van der Waals surface area (Å²) in [6, 6.07) is 12.1. The van der Waals surface area contributed by atoms with Crippen LogP contribution >= 0.6 is 11.3 Å². The number of imide groups is 1. The molecule has 152 valence electrons. The maximum Gasteiger partial charge on any atom is 0.319 e. The summed E-state index contributed by atoms with van der Waals surface area (Å²) in [7, 11) is 0. The van der Waals surface area contributed by atoms with Gasteiger partial charge in [0, 0.05) is 11.3 Å². The summed E-state index contributed by atoms with van der Waals surface area (Å²) in [6.07, 6.45) is 0. The first-order valence-corrected chi connectivity index (χ1v) is 10.2. The lowest BCUT2D eigenvalue weighted by molar-refractivity contribution is 0.0879. The first-order chi connectivity index (χ1) is 14.3. The fourth-order valence-electron chi connectivity index (χ4n) is 3.30. The number of anilines is 1. The van der Waals surface area contributed by atoms with E-state index >= 15 is 0 Å². The van der Waals surface area contributed by atoms with Gasteiger partial charge in [-0.15, -0.1) is 11.3 Å². The summed E-state index contributed by atoms with van der Waals surface area (Å²) in [5, 5.41) is 8.75. The highest BCUT2D eigenvalue weighted by Crippen LogP contribution is 2.32. The molecule has 0 fully saturated rings. The molecule has 4 rings (SSSR count). The highest BCUT2D eigenvalue weighted by atomic mass is 32.1. The topological polar surface area (TPSA) is 100 Å². The van der Waals surface area contributed by atoms with Gasteiger partial charge in [-0.05, 0) is 39.0 Å². The molecule has 0 spiro atoms. The van der Waals surface area contributed by atoms with Gasteiger partial charge >= 0.3 is 6.03 Å². The Kier molecular flexibility index (Phi) is 5.09. The molecule has 3 N–H and O–H groups in total. The molecule has 1 atom stereocenters. The number of rotatable bonds is 4. The largest absolute Gasteiger partial charge is 0.330 e. The maximum atomic E-state index is 12.5. The molecule has 30 heavy (non-hydrogen) atoms. The van der Waals surface area contributed by atoms with E-state index in [9.17, 15) is 14.4 Å². The van der Waals surface area contributed by atoms with E-state index in [1.165, 1.54) is 17.7 Å².